The van der Waals surface area contributed by atoms with Crippen molar-refractivity contribution in [1.29, 1.82) is 0 Å². The Balaban J connectivity index is 1.17. The number of benzene rings is 3. The topological polar surface area (TPSA) is 75.4 Å². The summed E-state index contributed by atoms with van der Waals surface area (Å²) in [5.41, 5.74) is 5.07. The SMILES string of the molecule is CC(C)n1ncn(-c2ccc(N3CCN(C(C(=O)Nc4ccc5c(c4)CCC5)c4ccccc4)CC3)c(F)c2)c1=O. The highest BCUT2D eigenvalue weighted by Crippen LogP contribution is 2.29. The second-order valence-corrected chi connectivity index (χ2v) is 11.1. The summed E-state index contributed by atoms with van der Waals surface area (Å²) in [4.78, 5) is 30.5. The van der Waals surface area contributed by atoms with Gasteiger partial charge in [0.25, 0.3) is 0 Å². The van der Waals surface area contributed by atoms with Gasteiger partial charge in [0, 0.05) is 37.9 Å². The molecule has 6 rings (SSSR count). The third-order valence-corrected chi connectivity index (χ3v) is 8.14. The van der Waals surface area contributed by atoms with Gasteiger partial charge in [-0.15, -0.1) is 0 Å². The Morgan fingerprint density at radius 3 is 2.39 bits per heavy atom. The average molecular weight is 555 g/mol. The average Bonchev–Trinajstić information content (AvgIpc) is 3.60. The van der Waals surface area contributed by atoms with E-state index in [1.165, 1.54) is 32.8 Å². The number of aromatic nitrogens is 3. The molecule has 1 amide bonds. The zero-order valence-electron chi connectivity index (χ0n) is 23.5. The van der Waals surface area contributed by atoms with Gasteiger partial charge in [-0.25, -0.2) is 18.4 Å². The van der Waals surface area contributed by atoms with E-state index in [9.17, 15) is 9.59 Å². The van der Waals surface area contributed by atoms with Crippen molar-refractivity contribution < 1.29 is 9.18 Å². The number of anilines is 2. The van der Waals surface area contributed by atoms with Crippen molar-refractivity contribution in [2.45, 2.75) is 45.2 Å². The summed E-state index contributed by atoms with van der Waals surface area (Å²) in [7, 11) is 0. The van der Waals surface area contributed by atoms with Crippen LogP contribution in [-0.4, -0.2) is 51.3 Å². The maximum Gasteiger partial charge on any atom is 0.350 e. The molecule has 0 bridgehead atoms. The molecule has 0 radical (unpaired) electrons. The minimum atomic E-state index is -0.455. The van der Waals surface area contributed by atoms with Crippen molar-refractivity contribution in [3.63, 3.8) is 0 Å². The Morgan fingerprint density at radius 1 is 0.927 bits per heavy atom. The van der Waals surface area contributed by atoms with Crippen LogP contribution >= 0.6 is 0 Å². The Morgan fingerprint density at radius 2 is 1.68 bits per heavy atom. The summed E-state index contributed by atoms with van der Waals surface area (Å²) < 4.78 is 18.1. The van der Waals surface area contributed by atoms with Gasteiger partial charge in [-0.3, -0.25) is 9.69 Å². The number of carbonyl (C=O) groups is 1. The molecule has 41 heavy (non-hydrogen) atoms. The van der Waals surface area contributed by atoms with Crippen LogP contribution in [0.5, 0.6) is 0 Å². The fraction of sp³-hybridized carbons (Fsp3) is 0.344. The van der Waals surface area contributed by atoms with Gasteiger partial charge >= 0.3 is 5.69 Å². The number of rotatable bonds is 7. The van der Waals surface area contributed by atoms with Crippen LogP contribution < -0.4 is 15.9 Å². The van der Waals surface area contributed by atoms with Gasteiger partial charge in [-0.1, -0.05) is 36.4 Å². The summed E-state index contributed by atoms with van der Waals surface area (Å²) >= 11 is 0. The van der Waals surface area contributed by atoms with Crippen LogP contribution in [0.2, 0.25) is 0 Å². The minimum absolute atomic E-state index is 0.0643. The molecule has 1 N–H and O–H groups in total. The standard InChI is InChI=1S/C32H35FN6O2/c1-22(2)39-32(41)38(21-34-39)27-13-14-29(28(33)20-27)36-15-17-37(18-16-36)30(24-7-4-3-5-8-24)31(40)35-26-12-11-23-9-6-10-25(23)19-26/h3-5,7-8,11-14,19-22,30H,6,9-10,15-18H2,1-2H3,(H,35,40). The third-order valence-electron chi connectivity index (χ3n) is 8.14. The number of amides is 1. The number of nitrogens with one attached hydrogen (secondary N) is 1. The van der Waals surface area contributed by atoms with Crippen molar-refractivity contribution in [2.75, 3.05) is 36.4 Å². The highest BCUT2D eigenvalue weighted by atomic mass is 19.1. The van der Waals surface area contributed by atoms with Gasteiger partial charge in [0.1, 0.15) is 18.2 Å². The quantitative estimate of drug-likeness (QED) is 0.357. The zero-order chi connectivity index (χ0) is 28.5. The van der Waals surface area contributed by atoms with E-state index in [0.29, 0.717) is 37.6 Å². The molecule has 212 valence electrons. The fourth-order valence-corrected chi connectivity index (χ4v) is 5.99. The summed E-state index contributed by atoms with van der Waals surface area (Å²) in [6.45, 7) is 6.08. The van der Waals surface area contributed by atoms with Crippen LogP contribution in [0.15, 0.2) is 77.9 Å². The maximum atomic E-state index is 15.3. The van der Waals surface area contributed by atoms with E-state index >= 15 is 4.39 Å². The molecule has 9 heteroatoms. The predicted molar refractivity (Wildman–Crippen MR) is 158 cm³/mol. The van der Waals surface area contributed by atoms with Gasteiger partial charge in [0.2, 0.25) is 5.91 Å². The largest absolute Gasteiger partial charge is 0.367 e. The van der Waals surface area contributed by atoms with E-state index in [1.807, 2.05) is 55.1 Å². The van der Waals surface area contributed by atoms with Gasteiger partial charge in [-0.05, 0) is 74.1 Å². The van der Waals surface area contributed by atoms with Crippen LogP contribution in [0.4, 0.5) is 15.8 Å². The van der Waals surface area contributed by atoms with E-state index in [2.05, 4.69) is 27.4 Å². The Bertz CT molecular complexity index is 1600. The van der Waals surface area contributed by atoms with Gasteiger partial charge < -0.3 is 10.2 Å². The number of fused-ring (bicyclic) bond motifs is 1. The van der Waals surface area contributed by atoms with Crippen LogP contribution in [0.25, 0.3) is 5.69 Å². The lowest BCUT2D eigenvalue weighted by molar-refractivity contribution is -0.121. The molecule has 4 aromatic rings. The Labute approximate surface area is 239 Å². The number of aryl methyl sites for hydroxylation is 2. The van der Waals surface area contributed by atoms with E-state index in [1.54, 1.807) is 12.1 Å². The molecule has 8 nitrogen and oxygen atoms in total. The van der Waals surface area contributed by atoms with Crippen molar-refractivity contribution in [2.24, 2.45) is 0 Å². The summed E-state index contributed by atoms with van der Waals surface area (Å²) in [5.74, 6) is -0.459. The van der Waals surface area contributed by atoms with Crippen molar-refractivity contribution in [3.8, 4) is 5.69 Å². The first kappa shape index (κ1) is 27.0. The molecule has 1 unspecified atom stereocenters. The third kappa shape index (κ3) is 5.41. The molecule has 2 aliphatic rings. The van der Waals surface area contributed by atoms with Gasteiger partial charge in [-0.2, -0.15) is 5.10 Å². The first-order valence-corrected chi connectivity index (χ1v) is 14.3. The smallest absolute Gasteiger partial charge is 0.350 e. The Hall–Kier alpha value is -4.24. The molecule has 2 heterocycles. The van der Waals surface area contributed by atoms with E-state index in [0.717, 1.165) is 30.5 Å². The number of piperazine rings is 1. The lowest BCUT2D eigenvalue weighted by atomic mass is 10.0. The van der Waals surface area contributed by atoms with Crippen LogP contribution in [0, 0.1) is 5.82 Å². The molecule has 3 aromatic carbocycles. The molecule has 1 fully saturated rings. The first-order chi connectivity index (χ1) is 19.9. The maximum absolute atomic E-state index is 15.3. The molecular weight excluding hydrogens is 519 g/mol. The van der Waals surface area contributed by atoms with Gasteiger partial charge in [0.15, 0.2) is 0 Å². The number of nitrogens with zero attached hydrogens (tertiary/aromatic N) is 5. The lowest BCUT2D eigenvalue weighted by Gasteiger charge is -2.39. The fourth-order valence-electron chi connectivity index (χ4n) is 5.99. The van der Waals surface area contributed by atoms with Crippen LogP contribution in [-0.2, 0) is 17.6 Å². The molecular formula is C32H35FN6O2. The molecule has 1 atom stereocenters. The van der Waals surface area contributed by atoms with E-state index in [4.69, 9.17) is 0 Å². The van der Waals surface area contributed by atoms with Crippen LogP contribution in [0.3, 0.4) is 0 Å². The molecule has 1 aliphatic heterocycles. The van der Waals surface area contributed by atoms with E-state index < -0.39 is 11.9 Å². The summed E-state index contributed by atoms with van der Waals surface area (Å²) in [5, 5.41) is 7.30. The molecule has 1 saturated heterocycles. The number of hydrogen-bond donors (Lipinski definition) is 1. The zero-order valence-corrected chi connectivity index (χ0v) is 23.5. The molecule has 0 spiro atoms. The highest BCUT2D eigenvalue weighted by molar-refractivity contribution is 5.95. The second-order valence-electron chi connectivity index (χ2n) is 11.1. The minimum Gasteiger partial charge on any atom is -0.367 e. The first-order valence-electron chi connectivity index (χ1n) is 14.3. The van der Waals surface area contributed by atoms with Crippen LogP contribution in [0.1, 0.15) is 49.0 Å². The Kier molecular flexibility index (Phi) is 7.45. The van der Waals surface area contributed by atoms with Crippen molar-refractivity contribution in [3.05, 3.63) is 106 Å². The van der Waals surface area contributed by atoms with Crippen molar-refractivity contribution >= 4 is 17.3 Å². The van der Waals surface area contributed by atoms with E-state index in [-0.39, 0.29) is 17.6 Å². The summed E-state index contributed by atoms with van der Waals surface area (Å²) in [6.07, 6.45) is 4.74. The number of hydrogen-bond acceptors (Lipinski definition) is 5. The van der Waals surface area contributed by atoms with Crippen molar-refractivity contribution in [1.82, 2.24) is 19.2 Å². The summed E-state index contributed by atoms with van der Waals surface area (Å²) in [6, 6.07) is 20.4. The number of halogens is 1. The highest BCUT2D eigenvalue weighted by Gasteiger charge is 2.31. The number of carbonyl (C=O) groups excluding carboxylic acids is 1. The van der Waals surface area contributed by atoms with Gasteiger partial charge in [0.05, 0.1) is 17.4 Å². The molecule has 1 aliphatic carbocycles. The lowest BCUT2D eigenvalue weighted by Crippen LogP contribution is -2.50. The second kappa shape index (κ2) is 11.3. The molecule has 0 saturated carbocycles. The molecule has 1 aromatic heterocycles. The monoisotopic (exact) mass is 554 g/mol. The predicted octanol–water partition coefficient (Wildman–Crippen LogP) is 4.74. The normalized spacial score (nSPS) is 16.1.